The largest absolute Gasteiger partial charge is 0.466 e. The number of carbonyl (C=O) groups excluding carboxylic acids is 1. The second-order valence-corrected chi connectivity index (χ2v) is 7.20. The maximum absolute atomic E-state index is 12.1. The number of nitrogens with one attached hydrogen (secondary N) is 1. The number of ether oxygens (including phenoxy) is 1. The molecule has 0 bridgehead atoms. The highest BCUT2D eigenvalue weighted by Gasteiger charge is 2.33. The number of benzene rings is 1. The summed E-state index contributed by atoms with van der Waals surface area (Å²) in [6.45, 7) is 2.85. The molecule has 1 unspecified atom stereocenters. The number of piperidine rings is 1. The van der Waals surface area contributed by atoms with Gasteiger partial charge in [-0.3, -0.25) is 14.9 Å². The van der Waals surface area contributed by atoms with Crippen LogP contribution in [-0.4, -0.2) is 40.6 Å². The van der Waals surface area contributed by atoms with Crippen molar-refractivity contribution in [3.05, 3.63) is 44.7 Å². The predicted octanol–water partition coefficient (Wildman–Crippen LogP) is 4.21. The van der Waals surface area contributed by atoms with Crippen LogP contribution in [0.4, 0.5) is 23.0 Å². The summed E-state index contributed by atoms with van der Waals surface area (Å²) in [5.74, 6) is -0.544. The Morgan fingerprint density at radius 1 is 1.41 bits per heavy atom. The molecule has 2 heterocycles. The molecular formula is C18H19Cl2N5O4. The Labute approximate surface area is 177 Å². The van der Waals surface area contributed by atoms with Gasteiger partial charge in [0, 0.05) is 13.1 Å². The van der Waals surface area contributed by atoms with E-state index in [1.807, 2.05) is 0 Å². The van der Waals surface area contributed by atoms with Crippen LogP contribution in [0.1, 0.15) is 19.8 Å². The monoisotopic (exact) mass is 439 g/mol. The molecule has 154 valence electrons. The first kappa shape index (κ1) is 21.1. The van der Waals surface area contributed by atoms with Crippen molar-refractivity contribution >= 4 is 52.2 Å². The van der Waals surface area contributed by atoms with Crippen molar-refractivity contribution in [2.45, 2.75) is 19.8 Å². The number of hydrogen-bond acceptors (Lipinski definition) is 8. The van der Waals surface area contributed by atoms with Gasteiger partial charge in [-0.25, -0.2) is 9.97 Å². The zero-order valence-corrected chi connectivity index (χ0v) is 17.1. The number of carbonyl (C=O) groups is 1. The molecule has 29 heavy (non-hydrogen) atoms. The van der Waals surface area contributed by atoms with E-state index in [1.165, 1.54) is 6.33 Å². The molecule has 1 saturated heterocycles. The van der Waals surface area contributed by atoms with Crippen molar-refractivity contribution in [3.63, 3.8) is 0 Å². The summed E-state index contributed by atoms with van der Waals surface area (Å²) >= 11 is 12.2. The molecule has 2 aromatic rings. The summed E-state index contributed by atoms with van der Waals surface area (Å²) in [6.07, 6.45) is 2.59. The van der Waals surface area contributed by atoms with Gasteiger partial charge in [0.1, 0.15) is 6.33 Å². The first-order chi connectivity index (χ1) is 13.9. The quantitative estimate of drug-likeness (QED) is 0.404. The van der Waals surface area contributed by atoms with Gasteiger partial charge >= 0.3 is 11.7 Å². The minimum absolute atomic E-state index is 0.0116. The topological polar surface area (TPSA) is 110 Å². The molecule has 1 aliphatic rings. The van der Waals surface area contributed by atoms with E-state index in [2.05, 4.69) is 15.3 Å². The van der Waals surface area contributed by atoms with E-state index in [-0.39, 0.29) is 47.4 Å². The first-order valence-electron chi connectivity index (χ1n) is 9.04. The normalized spacial score (nSPS) is 16.4. The summed E-state index contributed by atoms with van der Waals surface area (Å²) in [6, 6.07) is 4.91. The Morgan fingerprint density at radius 2 is 2.21 bits per heavy atom. The third-order valence-electron chi connectivity index (χ3n) is 4.53. The molecule has 1 fully saturated rings. The van der Waals surface area contributed by atoms with Crippen molar-refractivity contribution in [1.82, 2.24) is 9.97 Å². The number of esters is 1. The molecule has 1 aromatic carbocycles. The predicted molar refractivity (Wildman–Crippen MR) is 110 cm³/mol. The van der Waals surface area contributed by atoms with Crippen molar-refractivity contribution in [3.8, 4) is 0 Å². The van der Waals surface area contributed by atoms with Crippen LogP contribution in [0.2, 0.25) is 10.0 Å². The molecule has 1 aliphatic heterocycles. The molecule has 1 aromatic heterocycles. The van der Waals surface area contributed by atoms with E-state index >= 15 is 0 Å². The molecule has 0 aliphatic carbocycles. The fourth-order valence-electron chi connectivity index (χ4n) is 3.21. The third-order valence-corrected chi connectivity index (χ3v) is 5.35. The second kappa shape index (κ2) is 9.23. The standard InChI is InChI=1S/C18H19Cl2N5O4/c1-2-29-18(26)11-5-4-8-24(9-11)17-15(25(27)28)16(21-10-22-17)23-13-7-3-6-12(19)14(13)20/h3,6-7,10-11H,2,4-5,8-9H2,1H3,(H,21,22,23). The smallest absolute Gasteiger partial charge is 0.353 e. The van der Waals surface area contributed by atoms with Crippen LogP contribution >= 0.6 is 23.2 Å². The van der Waals surface area contributed by atoms with E-state index < -0.39 is 4.92 Å². The maximum atomic E-state index is 12.1. The first-order valence-corrected chi connectivity index (χ1v) is 9.80. The molecule has 0 amide bonds. The highest BCUT2D eigenvalue weighted by molar-refractivity contribution is 6.43. The van der Waals surface area contributed by atoms with E-state index in [0.29, 0.717) is 30.1 Å². The Balaban J connectivity index is 1.94. The number of anilines is 3. The molecular weight excluding hydrogens is 421 g/mol. The SMILES string of the molecule is CCOC(=O)C1CCCN(c2ncnc(Nc3cccc(Cl)c3Cl)c2[N+](=O)[O-])C1. The van der Waals surface area contributed by atoms with Gasteiger partial charge < -0.3 is 15.0 Å². The number of aromatic nitrogens is 2. The van der Waals surface area contributed by atoms with Crippen molar-refractivity contribution in [2.24, 2.45) is 5.92 Å². The molecule has 0 spiro atoms. The van der Waals surface area contributed by atoms with E-state index in [1.54, 1.807) is 30.0 Å². The van der Waals surface area contributed by atoms with Crippen LogP contribution < -0.4 is 10.2 Å². The van der Waals surface area contributed by atoms with Gasteiger partial charge in [0.2, 0.25) is 11.6 Å². The van der Waals surface area contributed by atoms with Gasteiger partial charge in [-0.1, -0.05) is 29.3 Å². The van der Waals surface area contributed by atoms with Crippen molar-refractivity contribution in [2.75, 3.05) is 29.9 Å². The van der Waals surface area contributed by atoms with E-state index in [9.17, 15) is 14.9 Å². The van der Waals surface area contributed by atoms with E-state index in [0.717, 1.165) is 0 Å². The van der Waals surface area contributed by atoms with Crippen LogP contribution in [0.15, 0.2) is 24.5 Å². The fourth-order valence-corrected chi connectivity index (χ4v) is 3.56. The molecule has 9 nitrogen and oxygen atoms in total. The molecule has 0 saturated carbocycles. The summed E-state index contributed by atoms with van der Waals surface area (Å²) in [7, 11) is 0. The lowest BCUT2D eigenvalue weighted by Crippen LogP contribution is -2.40. The number of nitro groups is 1. The summed E-state index contributed by atoms with van der Waals surface area (Å²) in [4.78, 5) is 33.3. The lowest BCUT2D eigenvalue weighted by Gasteiger charge is -2.32. The second-order valence-electron chi connectivity index (χ2n) is 6.42. The maximum Gasteiger partial charge on any atom is 0.353 e. The van der Waals surface area contributed by atoms with Gasteiger partial charge in [0.15, 0.2) is 0 Å². The molecule has 11 heteroatoms. The Bertz CT molecular complexity index is 927. The zero-order valence-electron chi connectivity index (χ0n) is 15.6. The summed E-state index contributed by atoms with van der Waals surface area (Å²) < 4.78 is 5.10. The lowest BCUT2D eigenvalue weighted by molar-refractivity contribution is -0.383. The molecule has 3 rings (SSSR count). The number of nitrogens with zero attached hydrogens (tertiary/aromatic N) is 4. The molecule has 1 N–H and O–H groups in total. The number of hydrogen-bond donors (Lipinski definition) is 1. The molecule has 1 atom stereocenters. The Kier molecular flexibility index (Phi) is 6.71. The Hall–Kier alpha value is -2.65. The Morgan fingerprint density at radius 3 is 2.93 bits per heavy atom. The van der Waals surface area contributed by atoms with Crippen LogP contribution in [0.5, 0.6) is 0 Å². The van der Waals surface area contributed by atoms with Crippen LogP contribution in [0.25, 0.3) is 0 Å². The molecule has 0 radical (unpaired) electrons. The number of rotatable bonds is 6. The highest BCUT2D eigenvalue weighted by Crippen LogP contribution is 2.38. The lowest BCUT2D eigenvalue weighted by atomic mass is 9.98. The zero-order chi connectivity index (χ0) is 21.0. The van der Waals surface area contributed by atoms with Gasteiger partial charge in [-0.05, 0) is 31.9 Å². The third kappa shape index (κ3) is 4.68. The highest BCUT2D eigenvalue weighted by atomic mass is 35.5. The fraction of sp³-hybridized carbons (Fsp3) is 0.389. The van der Waals surface area contributed by atoms with E-state index in [4.69, 9.17) is 27.9 Å². The summed E-state index contributed by atoms with van der Waals surface area (Å²) in [5, 5.41) is 15.3. The van der Waals surface area contributed by atoms with Gasteiger partial charge in [-0.15, -0.1) is 0 Å². The van der Waals surface area contributed by atoms with Crippen LogP contribution in [0.3, 0.4) is 0 Å². The van der Waals surface area contributed by atoms with Crippen LogP contribution in [-0.2, 0) is 9.53 Å². The minimum atomic E-state index is -0.551. The van der Waals surface area contributed by atoms with Gasteiger partial charge in [0.05, 0.1) is 33.2 Å². The van der Waals surface area contributed by atoms with Crippen molar-refractivity contribution < 1.29 is 14.5 Å². The average Bonchev–Trinajstić information content (AvgIpc) is 2.71. The van der Waals surface area contributed by atoms with Gasteiger partial charge in [0.25, 0.3) is 0 Å². The minimum Gasteiger partial charge on any atom is -0.466 e. The average molecular weight is 440 g/mol. The van der Waals surface area contributed by atoms with Crippen LogP contribution in [0, 0.1) is 16.0 Å². The number of halogens is 2. The summed E-state index contributed by atoms with van der Waals surface area (Å²) in [5.41, 5.74) is 0.0861. The van der Waals surface area contributed by atoms with Gasteiger partial charge in [-0.2, -0.15) is 0 Å². The van der Waals surface area contributed by atoms with Crippen molar-refractivity contribution in [1.29, 1.82) is 0 Å².